The molecule has 0 radical (unpaired) electrons. The zero-order chi connectivity index (χ0) is 19.7. The molecule has 0 unspecified atom stereocenters. The molecule has 4 rings (SSSR count). The molecule has 4 aromatic rings. The van der Waals surface area contributed by atoms with Crippen molar-refractivity contribution in [2.45, 2.75) is 6.42 Å². The van der Waals surface area contributed by atoms with Crippen LogP contribution in [0.4, 0.5) is 5.69 Å². The highest BCUT2D eigenvalue weighted by atomic mass is 32.1. The summed E-state index contributed by atoms with van der Waals surface area (Å²) in [5, 5.41) is 4.28. The molecule has 0 bridgehead atoms. The van der Waals surface area contributed by atoms with Crippen LogP contribution in [-0.4, -0.2) is 28.7 Å². The fraction of sp³-hybridized carbons (Fsp3) is 0.143. The highest BCUT2D eigenvalue weighted by Gasteiger charge is 2.11. The van der Waals surface area contributed by atoms with Gasteiger partial charge in [0.1, 0.15) is 5.69 Å². The second-order valence-electron chi connectivity index (χ2n) is 6.62. The molecule has 0 aliphatic heterocycles. The average Bonchev–Trinajstić information content (AvgIpc) is 2.98. The average molecular weight is 390 g/mol. The molecule has 0 saturated carbocycles. The molecule has 0 amide bonds. The predicted octanol–water partition coefficient (Wildman–Crippen LogP) is 1.72. The van der Waals surface area contributed by atoms with Gasteiger partial charge in [-0.05, 0) is 29.3 Å². The summed E-state index contributed by atoms with van der Waals surface area (Å²) in [5.74, 6) is 0. The number of rotatable bonds is 4. The van der Waals surface area contributed by atoms with E-state index >= 15 is 0 Å². The standard InChI is InChI=1S/C21H18N4O2S/c1-24(2)16-10-8-15(9-11-16)13-18-20(27)25-21(28-18)22-19(26)17(23-25)12-14-6-4-3-5-7-14/h3-11,13H,12H2,1-2H3. The predicted molar refractivity (Wildman–Crippen MR) is 112 cm³/mol. The zero-order valence-electron chi connectivity index (χ0n) is 15.5. The van der Waals surface area contributed by atoms with Crippen molar-refractivity contribution in [1.29, 1.82) is 0 Å². The van der Waals surface area contributed by atoms with Crippen LogP contribution in [0.3, 0.4) is 0 Å². The van der Waals surface area contributed by atoms with E-state index in [4.69, 9.17) is 0 Å². The van der Waals surface area contributed by atoms with Gasteiger partial charge in [0.25, 0.3) is 11.1 Å². The van der Waals surface area contributed by atoms with Crippen molar-refractivity contribution < 1.29 is 0 Å². The Bertz CT molecular complexity index is 1290. The van der Waals surface area contributed by atoms with E-state index in [0.29, 0.717) is 15.9 Å². The smallest absolute Gasteiger partial charge is 0.296 e. The summed E-state index contributed by atoms with van der Waals surface area (Å²) < 4.78 is 1.72. The van der Waals surface area contributed by atoms with Crippen molar-refractivity contribution in [3.8, 4) is 0 Å². The van der Waals surface area contributed by atoms with Crippen LogP contribution >= 0.6 is 11.3 Å². The first-order valence-corrected chi connectivity index (χ1v) is 9.59. The highest BCUT2D eigenvalue weighted by Crippen LogP contribution is 2.12. The second kappa shape index (κ2) is 7.36. The molecule has 0 fully saturated rings. The lowest BCUT2D eigenvalue weighted by Crippen LogP contribution is -2.28. The molecule has 6 nitrogen and oxygen atoms in total. The van der Waals surface area contributed by atoms with Gasteiger partial charge in [-0.15, -0.1) is 0 Å². The number of thiazole rings is 1. The van der Waals surface area contributed by atoms with E-state index < -0.39 is 5.56 Å². The third-order valence-electron chi connectivity index (χ3n) is 4.37. The molecule has 28 heavy (non-hydrogen) atoms. The van der Waals surface area contributed by atoms with Gasteiger partial charge in [0.2, 0.25) is 4.96 Å². The van der Waals surface area contributed by atoms with Gasteiger partial charge >= 0.3 is 0 Å². The fourth-order valence-electron chi connectivity index (χ4n) is 2.86. The van der Waals surface area contributed by atoms with Gasteiger partial charge in [-0.1, -0.05) is 53.8 Å². The first-order chi connectivity index (χ1) is 13.5. The molecule has 2 heterocycles. The topological polar surface area (TPSA) is 67.6 Å². The summed E-state index contributed by atoms with van der Waals surface area (Å²) in [6, 6.07) is 17.4. The fourth-order valence-corrected chi connectivity index (χ4v) is 3.77. The van der Waals surface area contributed by atoms with Crippen LogP contribution in [0.2, 0.25) is 0 Å². The van der Waals surface area contributed by atoms with Crippen LogP contribution in [-0.2, 0) is 6.42 Å². The third-order valence-corrected chi connectivity index (χ3v) is 5.33. The summed E-state index contributed by atoms with van der Waals surface area (Å²) in [7, 11) is 3.95. The van der Waals surface area contributed by atoms with Gasteiger partial charge in [0.05, 0.1) is 4.53 Å². The normalized spacial score (nSPS) is 11.9. The Hall–Kier alpha value is -3.32. The Morgan fingerprint density at radius 1 is 1.04 bits per heavy atom. The van der Waals surface area contributed by atoms with Crippen molar-refractivity contribution in [2.24, 2.45) is 0 Å². The molecule has 0 spiro atoms. The number of nitrogens with zero attached hydrogens (tertiary/aromatic N) is 4. The van der Waals surface area contributed by atoms with E-state index in [-0.39, 0.29) is 11.3 Å². The van der Waals surface area contributed by atoms with Crippen LogP contribution in [0.5, 0.6) is 0 Å². The van der Waals surface area contributed by atoms with Crippen LogP contribution in [0.1, 0.15) is 16.8 Å². The Balaban J connectivity index is 1.76. The maximum atomic E-state index is 12.8. The Morgan fingerprint density at radius 2 is 1.75 bits per heavy atom. The van der Waals surface area contributed by atoms with Crippen LogP contribution < -0.4 is 20.6 Å². The lowest BCUT2D eigenvalue weighted by Gasteiger charge is -2.11. The number of aromatic nitrogens is 3. The molecule has 7 heteroatoms. The second-order valence-corrected chi connectivity index (χ2v) is 7.63. The van der Waals surface area contributed by atoms with Gasteiger partial charge in [-0.2, -0.15) is 14.6 Å². The lowest BCUT2D eigenvalue weighted by molar-refractivity contribution is 0.811. The van der Waals surface area contributed by atoms with Crippen molar-refractivity contribution in [1.82, 2.24) is 14.6 Å². The highest BCUT2D eigenvalue weighted by molar-refractivity contribution is 7.15. The van der Waals surface area contributed by atoms with Crippen molar-refractivity contribution in [3.63, 3.8) is 0 Å². The largest absolute Gasteiger partial charge is 0.378 e. The van der Waals surface area contributed by atoms with Gasteiger partial charge in [0, 0.05) is 26.2 Å². The summed E-state index contributed by atoms with van der Waals surface area (Å²) in [6.45, 7) is 0. The van der Waals surface area contributed by atoms with Gasteiger partial charge in [0.15, 0.2) is 0 Å². The Morgan fingerprint density at radius 3 is 2.43 bits per heavy atom. The van der Waals surface area contributed by atoms with E-state index in [9.17, 15) is 9.59 Å². The number of anilines is 1. The van der Waals surface area contributed by atoms with Crippen LogP contribution in [0.15, 0.2) is 64.2 Å². The molecule has 0 saturated heterocycles. The first kappa shape index (κ1) is 18.1. The minimum absolute atomic E-state index is 0.264. The third kappa shape index (κ3) is 3.57. The number of hydrogen-bond donors (Lipinski definition) is 0. The van der Waals surface area contributed by atoms with Gasteiger partial charge < -0.3 is 4.90 Å². The molecular weight excluding hydrogens is 372 g/mol. The van der Waals surface area contributed by atoms with Gasteiger partial charge in [-0.25, -0.2) is 0 Å². The molecule has 0 atom stereocenters. The van der Waals surface area contributed by atoms with E-state index in [1.807, 2.05) is 73.6 Å². The van der Waals surface area contributed by atoms with Crippen molar-refractivity contribution >= 4 is 28.1 Å². The zero-order valence-corrected chi connectivity index (χ0v) is 16.3. The van der Waals surface area contributed by atoms with Crippen LogP contribution in [0.25, 0.3) is 11.0 Å². The molecule has 0 N–H and O–H groups in total. The SMILES string of the molecule is CN(C)c1ccc(C=c2sc3nc(=O)c(Cc4ccccc4)nn3c2=O)cc1. The molecule has 0 aliphatic rings. The monoisotopic (exact) mass is 390 g/mol. The van der Waals surface area contributed by atoms with Crippen molar-refractivity contribution in [2.75, 3.05) is 19.0 Å². The minimum atomic E-state index is -0.396. The molecule has 140 valence electrons. The first-order valence-electron chi connectivity index (χ1n) is 8.77. The quantitative estimate of drug-likeness (QED) is 0.531. The van der Waals surface area contributed by atoms with Gasteiger partial charge in [-0.3, -0.25) is 9.59 Å². The van der Waals surface area contributed by atoms with Crippen LogP contribution in [0, 0.1) is 0 Å². The lowest BCUT2D eigenvalue weighted by atomic mass is 10.1. The Kier molecular flexibility index (Phi) is 4.75. The number of benzene rings is 2. The molecule has 2 aromatic carbocycles. The maximum absolute atomic E-state index is 12.8. The number of fused-ring (bicyclic) bond motifs is 1. The van der Waals surface area contributed by atoms with E-state index in [0.717, 1.165) is 16.8 Å². The molecular formula is C21H18N4O2S. The summed E-state index contributed by atoms with van der Waals surface area (Å²) in [4.78, 5) is 31.5. The summed E-state index contributed by atoms with van der Waals surface area (Å²) in [5.41, 5.74) is 2.53. The molecule has 2 aromatic heterocycles. The Labute approximate surface area is 165 Å². The van der Waals surface area contributed by atoms with E-state index in [1.165, 1.54) is 15.9 Å². The minimum Gasteiger partial charge on any atom is -0.378 e. The van der Waals surface area contributed by atoms with E-state index in [2.05, 4.69) is 10.1 Å². The van der Waals surface area contributed by atoms with Crippen molar-refractivity contribution in [3.05, 3.63) is 96.7 Å². The van der Waals surface area contributed by atoms with E-state index in [1.54, 1.807) is 6.08 Å². The molecule has 0 aliphatic carbocycles. The maximum Gasteiger partial charge on any atom is 0.296 e. The number of hydrogen-bond acceptors (Lipinski definition) is 6. The summed E-state index contributed by atoms with van der Waals surface area (Å²) >= 11 is 1.17. The summed E-state index contributed by atoms with van der Waals surface area (Å²) in [6.07, 6.45) is 2.14.